The number of allylic oxidation sites excluding steroid dienone is 1. The molecule has 3 rings (SSSR count). The van der Waals surface area contributed by atoms with E-state index in [0.29, 0.717) is 17.5 Å². The maximum Gasteiger partial charge on any atom is 0.198 e. The average Bonchev–Trinajstić information content (AvgIpc) is 3.10. The summed E-state index contributed by atoms with van der Waals surface area (Å²) in [4.78, 5) is 12.5. The van der Waals surface area contributed by atoms with E-state index in [1.54, 1.807) is 12.1 Å². The molecular weight excluding hydrogens is 228 g/mol. The van der Waals surface area contributed by atoms with Crippen molar-refractivity contribution in [3.8, 4) is 0 Å². The molecule has 2 aliphatic rings. The first kappa shape index (κ1) is 11.6. The number of epoxide rings is 1. The molecule has 3 unspecified atom stereocenters. The predicted octanol–water partition coefficient (Wildman–Crippen LogP) is 2.41. The molecule has 1 aromatic rings. The molecule has 1 fully saturated rings. The lowest BCUT2D eigenvalue weighted by atomic mass is 9.79. The van der Waals surface area contributed by atoms with Gasteiger partial charge in [0.2, 0.25) is 0 Å². The number of carbonyl (C=O) groups excluding carboxylic acids is 1. The summed E-state index contributed by atoms with van der Waals surface area (Å²) in [5.74, 6) is 0.00546. The molecule has 1 N–H and O–H groups in total. The molecule has 3 heteroatoms. The molecule has 94 valence electrons. The van der Waals surface area contributed by atoms with Crippen molar-refractivity contribution in [2.75, 3.05) is 0 Å². The standard InChI is InChI=1S/C15H16O3/c1-9(2)7-8-15-13(17)11-6-4-3-5-10(11)12(16)14(15)18-15/h3-7,12,14,16H,8H2,1-2H3. The van der Waals surface area contributed by atoms with E-state index < -0.39 is 11.7 Å². The highest BCUT2D eigenvalue weighted by atomic mass is 16.6. The molecule has 0 amide bonds. The fourth-order valence-corrected chi connectivity index (χ4v) is 2.66. The van der Waals surface area contributed by atoms with Crippen LogP contribution in [-0.4, -0.2) is 22.6 Å². The van der Waals surface area contributed by atoms with Crippen LogP contribution in [0, 0.1) is 0 Å². The summed E-state index contributed by atoms with van der Waals surface area (Å²) in [5.41, 5.74) is 1.63. The van der Waals surface area contributed by atoms with Gasteiger partial charge in [0, 0.05) is 12.0 Å². The summed E-state index contributed by atoms with van der Waals surface area (Å²) < 4.78 is 5.58. The Morgan fingerprint density at radius 2 is 2.17 bits per heavy atom. The molecule has 3 nitrogen and oxygen atoms in total. The van der Waals surface area contributed by atoms with Gasteiger partial charge in [0.25, 0.3) is 0 Å². The third-order valence-corrected chi connectivity index (χ3v) is 3.75. The highest BCUT2D eigenvalue weighted by Gasteiger charge is 2.67. The van der Waals surface area contributed by atoms with Crippen LogP contribution in [0.2, 0.25) is 0 Å². The lowest BCUT2D eigenvalue weighted by Crippen LogP contribution is -2.35. The third-order valence-electron chi connectivity index (χ3n) is 3.75. The molecular formula is C15H16O3. The minimum absolute atomic E-state index is 0.00546. The number of hydrogen-bond acceptors (Lipinski definition) is 3. The van der Waals surface area contributed by atoms with Gasteiger partial charge in [-0.15, -0.1) is 0 Å². The lowest BCUT2D eigenvalue weighted by Gasteiger charge is -2.22. The summed E-state index contributed by atoms with van der Waals surface area (Å²) in [6, 6.07) is 7.22. The minimum Gasteiger partial charge on any atom is -0.386 e. The normalized spacial score (nSPS) is 32.5. The first-order valence-electron chi connectivity index (χ1n) is 6.19. The minimum atomic E-state index is -0.814. The largest absolute Gasteiger partial charge is 0.386 e. The number of aliphatic hydroxyl groups excluding tert-OH is 1. The van der Waals surface area contributed by atoms with Crippen LogP contribution in [0.5, 0.6) is 0 Å². The summed E-state index contributed by atoms with van der Waals surface area (Å²) in [6.07, 6.45) is 1.47. The summed E-state index contributed by atoms with van der Waals surface area (Å²) in [5, 5.41) is 10.2. The van der Waals surface area contributed by atoms with Crippen molar-refractivity contribution < 1.29 is 14.6 Å². The van der Waals surface area contributed by atoms with Crippen LogP contribution in [0.15, 0.2) is 35.9 Å². The van der Waals surface area contributed by atoms with Crippen LogP contribution in [0.25, 0.3) is 0 Å². The number of aliphatic hydroxyl groups is 1. The highest BCUT2D eigenvalue weighted by Crippen LogP contribution is 2.53. The van der Waals surface area contributed by atoms with Crippen molar-refractivity contribution in [3.05, 3.63) is 47.0 Å². The van der Waals surface area contributed by atoms with Crippen molar-refractivity contribution in [1.29, 1.82) is 0 Å². The van der Waals surface area contributed by atoms with Gasteiger partial charge >= 0.3 is 0 Å². The average molecular weight is 244 g/mol. The van der Waals surface area contributed by atoms with Crippen molar-refractivity contribution >= 4 is 5.78 Å². The van der Waals surface area contributed by atoms with Crippen LogP contribution in [-0.2, 0) is 4.74 Å². The van der Waals surface area contributed by atoms with E-state index in [0.717, 1.165) is 5.57 Å². The first-order chi connectivity index (χ1) is 8.56. The van der Waals surface area contributed by atoms with E-state index in [4.69, 9.17) is 4.74 Å². The van der Waals surface area contributed by atoms with Crippen LogP contribution in [0.1, 0.15) is 42.3 Å². The molecule has 1 saturated heterocycles. The van der Waals surface area contributed by atoms with Gasteiger partial charge in [0.05, 0.1) is 0 Å². The molecule has 1 heterocycles. The number of rotatable bonds is 2. The molecule has 3 atom stereocenters. The number of carbonyl (C=O) groups is 1. The second kappa shape index (κ2) is 3.77. The molecule has 1 aliphatic heterocycles. The van der Waals surface area contributed by atoms with Gasteiger partial charge in [-0.05, 0) is 19.4 Å². The number of ether oxygens (including phenoxy) is 1. The number of Topliss-reactive ketones (excluding diaryl/α,β-unsaturated/α-hetero) is 1. The fraction of sp³-hybridized carbons (Fsp3) is 0.400. The predicted molar refractivity (Wildman–Crippen MR) is 67.4 cm³/mol. The van der Waals surface area contributed by atoms with Crippen molar-refractivity contribution in [2.45, 2.75) is 38.1 Å². The molecule has 0 saturated carbocycles. The van der Waals surface area contributed by atoms with E-state index in [9.17, 15) is 9.90 Å². The Labute approximate surface area is 106 Å². The van der Waals surface area contributed by atoms with Crippen molar-refractivity contribution in [1.82, 2.24) is 0 Å². The van der Waals surface area contributed by atoms with E-state index >= 15 is 0 Å². The molecule has 0 radical (unpaired) electrons. The molecule has 0 bridgehead atoms. The van der Waals surface area contributed by atoms with Gasteiger partial charge in [0.15, 0.2) is 11.4 Å². The zero-order chi connectivity index (χ0) is 12.9. The Morgan fingerprint density at radius 1 is 1.44 bits per heavy atom. The summed E-state index contributed by atoms with van der Waals surface area (Å²) in [6.45, 7) is 3.98. The topological polar surface area (TPSA) is 49.8 Å². The Kier molecular flexibility index (Phi) is 2.44. The SMILES string of the molecule is CC(C)=CCC12OC1C(O)c1ccccc1C2=O. The van der Waals surface area contributed by atoms with Gasteiger partial charge < -0.3 is 9.84 Å². The number of benzene rings is 1. The second-order valence-corrected chi connectivity index (χ2v) is 5.27. The van der Waals surface area contributed by atoms with Crippen molar-refractivity contribution in [2.24, 2.45) is 0 Å². The van der Waals surface area contributed by atoms with Crippen molar-refractivity contribution in [3.63, 3.8) is 0 Å². The maximum atomic E-state index is 12.5. The first-order valence-corrected chi connectivity index (χ1v) is 6.19. The Balaban J connectivity index is 2.00. The molecule has 1 aromatic carbocycles. The molecule has 0 aromatic heterocycles. The Morgan fingerprint density at radius 3 is 2.89 bits per heavy atom. The zero-order valence-corrected chi connectivity index (χ0v) is 10.5. The molecule has 1 aliphatic carbocycles. The zero-order valence-electron chi connectivity index (χ0n) is 10.5. The molecule has 0 spiro atoms. The maximum absolute atomic E-state index is 12.5. The van der Waals surface area contributed by atoms with E-state index in [-0.39, 0.29) is 11.9 Å². The van der Waals surface area contributed by atoms with Gasteiger partial charge in [-0.1, -0.05) is 35.9 Å². The quantitative estimate of drug-likeness (QED) is 0.642. The monoisotopic (exact) mass is 244 g/mol. The molecule has 18 heavy (non-hydrogen) atoms. The van der Waals surface area contributed by atoms with E-state index in [1.165, 1.54) is 0 Å². The van der Waals surface area contributed by atoms with E-state index in [1.807, 2.05) is 32.1 Å². The number of ketones is 1. The smallest absolute Gasteiger partial charge is 0.198 e. The second-order valence-electron chi connectivity index (χ2n) is 5.27. The van der Waals surface area contributed by atoms with Crippen LogP contribution in [0.4, 0.5) is 0 Å². The Hall–Kier alpha value is -1.45. The summed E-state index contributed by atoms with van der Waals surface area (Å²) >= 11 is 0. The highest BCUT2D eigenvalue weighted by molar-refractivity contribution is 6.07. The number of fused-ring (bicyclic) bond motifs is 2. The Bertz CT molecular complexity index is 542. The lowest BCUT2D eigenvalue weighted by molar-refractivity contribution is 0.0862. The van der Waals surface area contributed by atoms with Gasteiger partial charge in [-0.3, -0.25) is 4.79 Å². The summed E-state index contributed by atoms with van der Waals surface area (Å²) in [7, 11) is 0. The third kappa shape index (κ3) is 1.48. The van der Waals surface area contributed by atoms with E-state index in [2.05, 4.69) is 0 Å². The van der Waals surface area contributed by atoms with Gasteiger partial charge in [-0.25, -0.2) is 0 Å². The van der Waals surface area contributed by atoms with Gasteiger partial charge in [0.1, 0.15) is 12.2 Å². The van der Waals surface area contributed by atoms with Crippen LogP contribution < -0.4 is 0 Å². The fourth-order valence-electron chi connectivity index (χ4n) is 2.66. The van der Waals surface area contributed by atoms with Gasteiger partial charge in [-0.2, -0.15) is 0 Å². The van der Waals surface area contributed by atoms with Crippen LogP contribution in [0.3, 0.4) is 0 Å². The van der Waals surface area contributed by atoms with Crippen LogP contribution >= 0.6 is 0 Å². The number of hydrogen-bond donors (Lipinski definition) is 1.